The van der Waals surface area contributed by atoms with Gasteiger partial charge in [-0.05, 0) is 30.8 Å². The Morgan fingerprint density at radius 2 is 2.53 bits per heavy atom. The van der Waals surface area contributed by atoms with E-state index in [-0.39, 0.29) is 5.91 Å². The van der Waals surface area contributed by atoms with Gasteiger partial charge in [-0.15, -0.1) is 0 Å². The van der Waals surface area contributed by atoms with Crippen molar-refractivity contribution in [3.63, 3.8) is 0 Å². The highest BCUT2D eigenvalue weighted by Crippen LogP contribution is 2.18. The van der Waals surface area contributed by atoms with Gasteiger partial charge in [-0.1, -0.05) is 0 Å². The van der Waals surface area contributed by atoms with Crippen LogP contribution in [0.5, 0.6) is 0 Å². The van der Waals surface area contributed by atoms with Gasteiger partial charge in [0, 0.05) is 37.3 Å². The first-order valence-corrected chi connectivity index (χ1v) is 7.27. The van der Waals surface area contributed by atoms with Gasteiger partial charge in [0.1, 0.15) is 5.82 Å². The molecule has 1 N–H and O–H groups in total. The number of fused-ring (bicyclic) bond motifs is 1. The Bertz CT molecular complexity index is 589. The molecular formula is C13H16N4OS. The number of aromatic nitrogens is 3. The van der Waals surface area contributed by atoms with Crippen molar-refractivity contribution in [1.29, 1.82) is 0 Å². The number of rotatable bonds is 3. The topological polar surface area (TPSA) is 59.8 Å². The van der Waals surface area contributed by atoms with Crippen molar-refractivity contribution in [2.24, 2.45) is 5.92 Å². The van der Waals surface area contributed by atoms with Crippen molar-refractivity contribution < 1.29 is 4.79 Å². The highest BCUT2D eigenvalue weighted by molar-refractivity contribution is 7.03. The SMILES string of the molecule is Cc1nscc1C(=O)NC[C@H]1CCn2ccnc2C1. The van der Waals surface area contributed by atoms with E-state index in [4.69, 9.17) is 0 Å². The van der Waals surface area contributed by atoms with E-state index in [0.29, 0.717) is 18.0 Å². The fraction of sp³-hybridized carbons (Fsp3) is 0.462. The first kappa shape index (κ1) is 12.3. The number of nitrogens with one attached hydrogen (secondary N) is 1. The molecule has 0 saturated carbocycles. The Kier molecular flexibility index (Phi) is 3.33. The monoisotopic (exact) mass is 276 g/mol. The van der Waals surface area contributed by atoms with Crippen LogP contribution in [-0.4, -0.2) is 26.4 Å². The molecule has 19 heavy (non-hydrogen) atoms. The standard InChI is InChI=1S/C13H16N4OS/c1-9-11(8-19-16-9)13(18)15-7-10-2-4-17-5-3-14-12(17)6-10/h3,5,8,10H,2,4,6-7H2,1H3,(H,15,18)/t10-/m0/s1. The summed E-state index contributed by atoms with van der Waals surface area (Å²) in [7, 11) is 0. The lowest BCUT2D eigenvalue weighted by Crippen LogP contribution is -2.33. The molecule has 100 valence electrons. The van der Waals surface area contributed by atoms with E-state index in [1.54, 1.807) is 5.38 Å². The molecule has 0 aliphatic carbocycles. The summed E-state index contributed by atoms with van der Waals surface area (Å²) in [4.78, 5) is 16.3. The molecule has 0 radical (unpaired) electrons. The van der Waals surface area contributed by atoms with Crippen molar-refractivity contribution in [1.82, 2.24) is 19.2 Å². The van der Waals surface area contributed by atoms with Crippen molar-refractivity contribution in [3.05, 3.63) is 34.9 Å². The summed E-state index contributed by atoms with van der Waals surface area (Å²) in [5.74, 6) is 1.59. The van der Waals surface area contributed by atoms with Crippen molar-refractivity contribution >= 4 is 17.4 Å². The molecule has 0 bridgehead atoms. The number of carbonyl (C=O) groups is 1. The summed E-state index contributed by atoms with van der Waals surface area (Å²) in [5.41, 5.74) is 1.50. The number of carbonyl (C=O) groups excluding carboxylic acids is 1. The van der Waals surface area contributed by atoms with Crippen LogP contribution >= 0.6 is 11.5 Å². The minimum atomic E-state index is -0.0137. The number of hydrogen-bond donors (Lipinski definition) is 1. The fourth-order valence-electron chi connectivity index (χ4n) is 2.43. The lowest BCUT2D eigenvalue weighted by molar-refractivity contribution is 0.0944. The first-order valence-electron chi connectivity index (χ1n) is 6.43. The average molecular weight is 276 g/mol. The third-order valence-corrected chi connectivity index (χ3v) is 4.32. The maximum atomic E-state index is 12.0. The number of nitrogens with zero attached hydrogens (tertiary/aromatic N) is 3. The van der Waals surface area contributed by atoms with Gasteiger partial charge in [-0.2, -0.15) is 4.37 Å². The lowest BCUT2D eigenvalue weighted by atomic mass is 9.98. The average Bonchev–Trinajstić information content (AvgIpc) is 3.03. The van der Waals surface area contributed by atoms with Crippen LogP contribution < -0.4 is 5.32 Å². The molecule has 0 unspecified atom stereocenters. The Balaban J connectivity index is 1.56. The number of imidazole rings is 1. The van der Waals surface area contributed by atoms with Crippen LogP contribution in [0.1, 0.15) is 28.3 Å². The van der Waals surface area contributed by atoms with Crippen LogP contribution in [-0.2, 0) is 13.0 Å². The lowest BCUT2D eigenvalue weighted by Gasteiger charge is -2.23. The van der Waals surface area contributed by atoms with E-state index in [0.717, 1.165) is 30.9 Å². The maximum Gasteiger partial charge on any atom is 0.254 e. The molecule has 0 saturated heterocycles. The second-order valence-electron chi connectivity index (χ2n) is 4.92. The predicted octanol–water partition coefficient (Wildman–Crippen LogP) is 1.64. The third kappa shape index (κ3) is 2.53. The van der Waals surface area contributed by atoms with Gasteiger partial charge >= 0.3 is 0 Å². The van der Waals surface area contributed by atoms with Crippen LogP contribution in [0, 0.1) is 12.8 Å². The molecule has 0 aromatic carbocycles. The Labute approximate surface area is 115 Å². The fourth-order valence-corrected chi connectivity index (χ4v) is 3.12. The minimum absolute atomic E-state index is 0.0137. The predicted molar refractivity (Wildman–Crippen MR) is 73.2 cm³/mol. The highest BCUT2D eigenvalue weighted by Gasteiger charge is 2.20. The van der Waals surface area contributed by atoms with Gasteiger partial charge < -0.3 is 9.88 Å². The normalized spacial score (nSPS) is 18.1. The van der Waals surface area contributed by atoms with E-state index in [1.165, 1.54) is 11.5 Å². The van der Waals surface area contributed by atoms with E-state index in [2.05, 4.69) is 19.2 Å². The quantitative estimate of drug-likeness (QED) is 0.927. The van der Waals surface area contributed by atoms with Crippen molar-refractivity contribution in [2.45, 2.75) is 26.3 Å². The first-order chi connectivity index (χ1) is 9.24. The summed E-state index contributed by atoms with van der Waals surface area (Å²) >= 11 is 1.32. The molecule has 1 aliphatic rings. The zero-order valence-electron chi connectivity index (χ0n) is 10.8. The van der Waals surface area contributed by atoms with Crippen LogP contribution in [0.4, 0.5) is 0 Å². The summed E-state index contributed by atoms with van der Waals surface area (Å²) < 4.78 is 6.31. The van der Waals surface area contributed by atoms with Gasteiger partial charge in [0.05, 0.1) is 11.3 Å². The second-order valence-corrected chi connectivity index (χ2v) is 5.55. The Hall–Kier alpha value is -1.69. The van der Waals surface area contributed by atoms with E-state index in [1.807, 2.05) is 19.3 Å². The van der Waals surface area contributed by atoms with Crippen LogP contribution in [0.15, 0.2) is 17.8 Å². The molecular weight excluding hydrogens is 260 g/mol. The smallest absolute Gasteiger partial charge is 0.254 e. The summed E-state index contributed by atoms with van der Waals surface area (Å²) in [6.07, 6.45) is 5.89. The molecule has 3 rings (SSSR count). The zero-order valence-corrected chi connectivity index (χ0v) is 11.6. The Morgan fingerprint density at radius 1 is 1.63 bits per heavy atom. The second kappa shape index (κ2) is 5.13. The molecule has 5 nitrogen and oxygen atoms in total. The third-order valence-electron chi connectivity index (χ3n) is 3.60. The van der Waals surface area contributed by atoms with Crippen LogP contribution in [0.2, 0.25) is 0 Å². The number of aryl methyl sites for hydroxylation is 2. The molecule has 0 spiro atoms. The van der Waals surface area contributed by atoms with Gasteiger partial charge in [-0.3, -0.25) is 4.79 Å². The summed E-state index contributed by atoms with van der Waals surface area (Å²) in [6.45, 7) is 3.57. The molecule has 2 aromatic heterocycles. The van der Waals surface area contributed by atoms with E-state index < -0.39 is 0 Å². The highest BCUT2D eigenvalue weighted by atomic mass is 32.1. The molecule has 3 heterocycles. The molecule has 0 fully saturated rings. The summed E-state index contributed by atoms with van der Waals surface area (Å²) in [5, 5.41) is 4.81. The Morgan fingerprint density at radius 3 is 3.32 bits per heavy atom. The van der Waals surface area contributed by atoms with Gasteiger partial charge in [0.2, 0.25) is 0 Å². The van der Waals surface area contributed by atoms with Gasteiger partial charge in [-0.25, -0.2) is 4.98 Å². The summed E-state index contributed by atoms with van der Waals surface area (Å²) in [6, 6.07) is 0. The minimum Gasteiger partial charge on any atom is -0.352 e. The largest absolute Gasteiger partial charge is 0.352 e. The van der Waals surface area contributed by atoms with Crippen LogP contribution in [0.3, 0.4) is 0 Å². The molecule has 1 atom stereocenters. The van der Waals surface area contributed by atoms with E-state index in [9.17, 15) is 4.79 Å². The van der Waals surface area contributed by atoms with Crippen LogP contribution in [0.25, 0.3) is 0 Å². The zero-order chi connectivity index (χ0) is 13.2. The van der Waals surface area contributed by atoms with E-state index >= 15 is 0 Å². The van der Waals surface area contributed by atoms with Crippen molar-refractivity contribution in [3.8, 4) is 0 Å². The number of amides is 1. The maximum absolute atomic E-state index is 12.0. The van der Waals surface area contributed by atoms with Gasteiger partial charge in [0.15, 0.2) is 0 Å². The number of hydrogen-bond acceptors (Lipinski definition) is 4. The van der Waals surface area contributed by atoms with Crippen molar-refractivity contribution in [2.75, 3.05) is 6.54 Å². The molecule has 1 amide bonds. The molecule has 6 heteroatoms. The van der Waals surface area contributed by atoms with Gasteiger partial charge in [0.25, 0.3) is 5.91 Å². The molecule has 1 aliphatic heterocycles. The molecule has 2 aromatic rings.